The average Bonchev–Trinajstić information content (AvgIpc) is 2.75. The van der Waals surface area contributed by atoms with Gasteiger partial charge in [-0.25, -0.2) is 12.4 Å². The van der Waals surface area contributed by atoms with Crippen LogP contribution in [0.5, 0.6) is 0 Å². The SMILES string of the molecule is CC(=NN=C(N)N)c1cn(S(C)(=O)=O)c2ccccc12. The van der Waals surface area contributed by atoms with Crippen molar-refractivity contribution in [3.8, 4) is 0 Å². The van der Waals surface area contributed by atoms with E-state index in [1.165, 1.54) is 10.2 Å². The van der Waals surface area contributed by atoms with E-state index in [0.29, 0.717) is 16.8 Å². The highest BCUT2D eigenvalue weighted by atomic mass is 32.2. The summed E-state index contributed by atoms with van der Waals surface area (Å²) in [4.78, 5) is 0. The summed E-state index contributed by atoms with van der Waals surface area (Å²) >= 11 is 0. The standard InChI is InChI=1S/C12H15N5O2S/c1-8(15-16-12(13)14)10-7-17(20(2,18)19)11-6-4-3-5-9(10)11/h3-7H,1-2H3,(H4,13,14,16). The zero-order chi connectivity index (χ0) is 14.9. The molecule has 1 aromatic heterocycles. The molecule has 0 amide bonds. The topological polar surface area (TPSA) is 116 Å². The number of fused-ring (bicyclic) bond motifs is 1. The average molecular weight is 293 g/mol. The third-order valence-corrected chi connectivity index (χ3v) is 3.76. The molecule has 1 heterocycles. The quantitative estimate of drug-likeness (QED) is 0.485. The summed E-state index contributed by atoms with van der Waals surface area (Å²) in [6.45, 7) is 1.71. The van der Waals surface area contributed by atoms with E-state index < -0.39 is 10.0 Å². The molecule has 0 bridgehead atoms. The highest BCUT2D eigenvalue weighted by Crippen LogP contribution is 2.23. The number of hydrogen-bond acceptors (Lipinski definition) is 4. The lowest BCUT2D eigenvalue weighted by Crippen LogP contribution is -2.22. The van der Waals surface area contributed by atoms with E-state index in [2.05, 4.69) is 10.2 Å². The van der Waals surface area contributed by atoms with Crippen LogP contribution in [0.1, 0.15) is 12.5 Å². The van der Waals surface area contributed by atoms with Crippen LogP contribution in [0.15, 0.2) is 40.7 Å². The van der Waals surface area contributed by atoms with Crippen LogP contribution in [0.3, 0.4) is 0 Å². The summed E-state index contributed by atoms with van der Waals surface area (Å²) in [5, 5.41) is 8.23. The predicted octanol–water partition coefficient (Wildman–Crippen LogP) is 0.446. The summed E-state index contributed by atoms with van der Waals surface area (Å²) in [5.41, 5.74) is 12.2. The number of hydrogen-bond donors (Lipinski definition) is 2. The van der Waals surface area contributed by atoms with Gasteiger partial charge in [0, 0.05) is 17.1 Å². The first-order valence-corrected chi connectivity index (χ1v) is 7.59. The van der Waals surface area contributed by atoms with Gasteiger partial charge < -0.3 is 11.5 Å². The molecule has 106 valence electrons. The normalized spacial score (nSPS) is 12.6. The van der Waals surface area contributed by atoms with Gasteiger partial charge in [0.15, 0.2) is 0 Å². The number of guanidine groups is 1. The molecule has 8 heteroatoms. The van der Waals surface area contributed by atoms with Crippen molar-refractivity contribution in [3.63, 3.8) is 0 Å². The molecule has 0 radical (unpaired) electrons. The highest BCUT2D eigenvalue weighted by Gasteiger charge is 2.15. The van der Waals surface area contributed by atoms with Crippen LogP contribution >= 0.6 is 0 Å². The fraction of sp³-hybridized carbons (Fsp3) is 0.167. The van der Waals surface area contributed by atoms with Gasteiger partial charge in [-0.15, -0.1) is 5.10 Å². The molecule has 0 fully saturated rings. The maximum absolute atomic E-state index is 11.8. The van der Waals surface area contributed by atoms with Crippen LogP contribution in [0.2, 0.25) is 0 Å². The number of aromatic nitrogens is 1. The molecular formula is C12H15N5O2S. The molecule has 1 aromatic carbocycles. The van der Waals surface area contributed by atoms with E-state index in [1.54, 1.807) is 19.1 Å². The van der Waals surface area contributed by atoms with Crippen molar-refractivity contribution in [1.82, 2.24) is 3.97 Å². The van der Waals surface area contributed by atoms with Crippen LogP contribution in [0, 0.1) is 0 Å². The summed E-state index contributed by atoms with van der Waals surface area (Å²) in [6, 6.07) is 7.15. The second kappa shape index (κ2) is 4.97. The first-order chi connectivity index (χ1) is 9.30. The molecule has 0 aliphatic rings. The summed E-state index contributed by atoms with van der Waals surface area (Å²) in [6.07, 6.45) is 2.66. The Hall–Kier alpha value is -2.35. The zero-order valence-corrected chi connectivity index (χ0v) is 11.9. The van der Waals surface area contributed by atoms with Gasteiger partial charge in [-0.3, -0.25) is 0 Å². The minimum atomic E-state index is -3.40. The van der Waals surface area contributed by atoms with Gasteiger partial charge >= 0.3 is 0 Å². The summed E-state index contributed by atoms with van der Waals surface area (Å²) in [5.74, 6) is -0.156. The van der Waals surface area contributed by atoms with E-state index in [1.807, 2.05) is 12.1 Å². The first kappa shape index (κ1) is 14.1. The van der Waals surface area contributed by atoms with Gasteiger partial charge in [0.2, 0.25) is 16.0 Å². The van der Waals surface area contributed by atoms with E-state index in [-0.39, 0.29) is 5.96 Å². The van der Waals surface area contributed by atoms with Crippen LogP contribution in [0.4, 0.5) is 0 Å². The molecule has 0 aliphatic carbocycles. The fourth-order valence-corrected chi connectivity index (χ4v) is 2.71. The van der Waals surface area contributed by atoms with Gasteiger partial charge in [-0.1, -0.05) is 18.2 Å². The molecular weight excluding hydrogens is 278 g/mol. The predicted molar refractivity (Wildman–Crippen MR) is 80.2 cm³/mol. The molecule has 0 saturated heterocycles. The molecule has 7 nitrogen and oxygen atoms in total. The molecule has 0 atom stereocenters. The lowest BCUT2D eigenvalue weighted by atomic mass is 10.1. The largest absolute Gasteiger partial charge is 0.369 e. The lowest BCUT2D eigenvalue weighted by molar-refractivity contribution is 0.595. The van der Waals surface area contributed by atoms with Crippen LogP contribution in [-0.2, 0) is 10.0 Å². The second-order valence-electron chi connectivity index (χ2n) is 4.33. The van der Waals surface area contributed by atoms with Crippen LogP contribution < -0.4 is 11.5 Å². The van der Waals surface area contributed by atoms with Crippen molar-refractivity contribution in [2.75, 3.05) is 6.26 Å². The Kier molecular flexibility index (Phi) is 3.49. The Labute approximate surface area is 116 Å². The van der Waals surface area contributed by atoms with E-state index in [0.717, 1.165) is 11.6 Å². The summed E-state index contributed by atoms with van der Waals surface area (Å²) in [7, 11) is -3.40. The third kappa shape index (κ3) is 2.64. The third-order valence-electron chi connectivity index (χ3n) is 2.74. The van der Waals surface area contributed by atoms with Crippen molar-refractivity contribution in [2.24, 2.45) is 21.7 Å². The maximum atomic E-state index is 11.8. The van der Waals surface area contributed by atoms with E-state index >= 15 is 0 Å². The van der Waals surface area contributed by atoms with Gasteiger partial charge in [-0.2, -0.15) is 5.10 Å². The number of rotatable bonds is 3. The molecule has 0 saturated carbocycles. The summed E-state index contributed by atoms with van der Waals surface area (Å²) < 4.78 is 24.8. The number of benzene rings is 1. The molecule has 2 aromatic rings. The van der Waals surface area contributed by atoms with Crippen molar-refractivity contribution >= 4 is 32.6 Å². The molecule has 0 spiro atoms. The molecule has 0 aliphatic heterocycles. The van der Waals surface area contributed by atoms with Crippen molar-refractivity contribution in [2.45, 2.75) is 6.92 Å². The smallest absolute Gasteiger partial charge is 0.236 e. The Balaban J connectivity index is 2.73. The van der Waals surface area contributed by atoms with E-state index in [9.17, 15) is 8.42 Å². The number of nitrogens with zero attached hydrogens (tertiary/aromatic N) is 3. The zero-order valence-electron chi connectivity index (χ0n) is 11.1. The number of para-hydroxylation sites is 1. The Morgan fingerprint density at radius 2 is 1.85 bits per heavy atom. The minimum Gasteiger partial charge on any atom is -0.369 e. The van der Waals surface area contributed by atoms with Gasteiger partial charge in [-0.05, 0) is 13.0 Å². The van der Waals surface area contributed by atoms with Gasteiger partial charge in [0.05, 0.1) is 17.5 Å². The highest BCUT2D eigenvalue weighted by molar-refractivity contribution is 7.89. The Morgan fingerprint density at radius 3 is 2.45 bits per heavy atom. The molecule has 2 rings (SSSR count). The van der Waals surface area contributed by atoms with Crippen LogP contribution in [-0.4, -0.2) is 30.3 Å². The fourth-order valence-electron chi connectivity index (χ4n) is 1.90. The van der Waals surface area contributed by atoms with E-state index in [4.69, 9.17) is 11.5 Å². The lowest BCUT2D eigenvalue weighted by Gasteiger charge is -2.00. The maximum Gasteiger partial charge on any atom is 0.236 e. The Bertz CT molecular complexity index is 813. The first-order valence-electron chi connectivity index (χ1n) is 5.75. The van der Waals surface area contributed by atoms with Crippen molar-refractivity contribution in [1.29, 1.82) is 0 Å². The monoisotopic (exact) mass is 293 g/mol. The number of nitrogens with two attached hydrogens (primary N) is 2. The Morgan fingerprint density at radius 1 is 1.20 bits per heavy atom. The molecule has 0 unspecified atom stereocenters. The van der Waals surface area contributed by atoms with Crippen LogP contribution in [0.25, 0.3) is 10.9 Å². The molecule has 4 N–H and O–H groups in total. The van der Waals surface area contributed by atoms with Gasteiger partial charge in [0.25, 0.3) is 0 Å². The second-order valence-corrected chi connectivity index (χ2v) is 6.19. The van der Waals surface area contributed by atoms with Crippen molar-refractivity contribution < 1.29 is 8.42 Å². The minimum absolute atomic E-state index is 0.156. The van der Waals surface area contributed by atoms with Crippen molar-refractivity contribution in [3.05, 3.63) is 36.0 Å². The van der Waals surface area contributed by atoms with Gasteiger partial charge in [0.1, 0.15) is 0 Å². The molecule has 20 heavy (non-hydrogen) atoms.